The number of hydrogen-bond donors (Lipinski definition) is 2. The van der Waals surface area contributed by atoms with Crippen LogP contribution in [0.3, 0.4) is 0 Å². The lowest BCUT2D eigenvalue weighted by atomic mass is 10.00. The normalized spacial score (nSPS) is 19.4. The fraction of sp³-hybridized carbons (Fsp3) is 0.562. The van der Waals surface area contributed by atoms with Crippen molar-refractivity contribution in [1.82, 2.24) is 24.8 Å². The molecule has 0 aromatic carbocycles. The van der Waals surface area contributed by atoms with E-state index in [9.17, 15) is 19.2 Å². The molecule has 1 aliphatic carbocycles. The SMILES string of the molecule is CN(C(=O)C1(c2cn(C)cn2)CC1)C(CN1C(=O)CCC1=O)C(=O)NO. The lowest BCUT2D eigenvalue weighted by Gasteiger charge is -2.31. The minimum Gasteiger partial charge on any atom is -0.340 e. The van der Waals surface area contributed by atoms with E-state index in [1.807, 2.05) is 0 Å². The van der Waals surface area contributed by atoms with Gasteiger partial charge in [-0.05, 0) is 12.8 Å². The lowest BCUT2D eigenvalue weighted by molar-refractivity contribution is -0.148. The maximum Gasteiger partial charge on any atom is 0.267 e. The summed E-state index contributed by atoms with van der Waals surface area (Å²) in [5, 5.41) is 9.04. The largest absolute Gasteiger partial charge is 0.340 e. The van der Waals surface area contributed by atoms with Crippen molar-refractivity contribution in [1.29, 1.82) is 0 Å². The third-order valence-electron chi connectivity index (χ3n) is 5.07. The van der Waals surface area contributed by atoms with Crippen LogP contribution in [-0.4, -0.2) is 67.8 Å². The first kappa shape index (κ1) is 18.1. The van der Waals surface area contributed by atoms with Crippen LogP contribution < -0.4 is 5.48 Å². The number of nitrogens with one attached hydrogen (secondary N) is 1. The number of rotatable bonds is 6. The van der Waals surface area contributed by atoms with Gasteiger partial charge in [0.1, 0.15) is 6.04 Å². The van der Waals surface area contributed by atoms with Gasteiger partial charge in [-0.1, -0.05) is 0 Å². The number of likely N-dealkylation sites (N-methyl/N-ethyl adjacent to an activating group) is 1. The number of hydrogen-bond acceptors (Lipinski definition) is 6. The van der Waals surface area contributed by atoms with Gasteiger partial charge in [0.15, 0.2) is 0 Å². The van der Waals surface area contributed by atoms with Crippen LogP contribution in [-0.2, 0) is 31.6 Å². The van der Waals surface area contributed by atoms with E-state index < -0.39 is 29.2 Å². The third kappa shape index (κ3) is 2.96. The van der Waals surface area contributed by atoms with Gasteiger partial charge in [-0.3, -0.25) is 29.3 Å². The molecule has 0 bridgehead atoms. The topological polar surface area (TPSA) is 125 Å². The van der Waals surface area contributed by atoms with Gasteiger partial charge in [-0.25, -0.2) is 10.5 Å². The number of imidazole rings is 1. The smallest absolute Gasteiger partial charge is 0.267 e. The Hall–Kier alpha value is -2.75. The molecule has 1 aromatic heterocycles. The number of aromatic nitrogens is 2. The number of aryl methyl sites for hydroxylation is 1. The maximum atomic E-state index is 13.1. The molecule has 1 unspecified atom stereocenters. The predicted molar refractivity (Wildman–Crippen MR) is 86.6 cm³/mol. The van der Waals surface area contributed by atoms with E-state index in [1.54, 1.807) is 24.1 Å². The zero-order valence-electron chi connectivity index (χ0n) is 14.6. The number of nitrogens with zero attached hydrogens (tertiary/aromatic N) is 4. The Kier molecular flexibility index (Phi) is 4.53. The second-order valence-electron chi connectivity index (χ2n) is 6.81. The summed E-state index contributed by atoms with van der Waals surface area (Å²) in [6.07, 6.45) is 4.73. The molecule has 4 amide bonds. The van der Waals surface area contributed by atoms with Crippen molar-refractivity contribution < 1.29 is 24.4 Å². The summed E-state index contributed by atoms with van der Waals surface area (Å²) in [6, 6.07) is -1.18. The fourth-order valence-electron chi connectivity index (χ4n) is 3.30. The van der Waals surface area contributed by atoms with Gasteiger partial charge in [0, 0.05) is 33.1 Å². The molecule has 2 aliphatic rings. The van der Waals surface area contributed by atoms with Crippen LogP contribution >= 0.6 is 0 Å². The Balaban J connectivity index is 1.82. The number of likely N-dealkylation sites (tertiary alicyclic amines) is 1. The van der Waals surface area contributed by atoms with Gasteiger partial charge >= 0.3 is 0 Å². The summed E-state index contributed by atoms with van der Waals surface area (Å²) in [5.74, 6) is -1.97. The highest BCUT2D eigenvalue weighted by molar-refractivity contribution is 6.03. The van der Waals surface area contributed by atoms with Crippen molar-refractivity contribution in [3.63, 3.8) is 0 Å². The quantitative estimate of drug-likeness (QED) is 0.377. The predicted octanol–water partition coefficient (Wildman–Crippen LogP) is -1.07. The molecule has 1 aliphatic heterocycles. The van der Waals surface area contributed by atoms with E-state index in [-0.39, 0.29) is 25.3 Å². The van der Waals surface area contributed by atoms with Gasteiger partial charge < -0.3 is 9.47 Å². The number of hydroxylamine groups is 1. The van der Waals surface area contributed by atoms with Gasteiger partial charge in [0.25, 0.3) is 5.91 Å². The molecule has 1 saturated carbocycles. The van der Waals surface area contributed by atoms with Crippen molar-refractivity contribution in [2.45, 2.75) is 37.1 Å². The number of imide groups is 1. The molecule has 10 heteroatoms. The maximum absolute atomic E-state index is 13.1. The van der Waals surface area contributed by atoms with Crippen molar-refractivity contribution >= 4 is 23.6 Å². The number of amides is 4. The lowest BCUT2D eigenvalue weighted by Crippen LogP contribution is -2.55. The van der Waals surface area contributed by atoms with E-state index in [1.165, 1.54) is 17.4 Å². The highest BCUT2D eigenvalue weighted by Gasteiger charge is 2.55. The Labute approximate surface area is 149 Å². The van der Waals surface area contributed by atoms with Crippen LogP contribution in [0.1, 0.15) is 31.4 Å². The molecule has 1 saturated heterocycles. The first-order chi connectivity index (χ1) is 12.3. The molecule has 1 aromatic rings. The molecule has 10 nitrogen and oxygen atoms in total. The number of carbonyl (C=O) groups is 4. The molecule has 2 fully saturated rings. The first-order valence-corrected chi connectivity index (χ1v) is 8.33. The molecule has 2 heterocycles. The van der Waals surface area contributed by atoms with Crippen LogP contribution in [0.25, 0.3) is 0 Å². The zero-order valence-corrected chi connectivity index (χ0v) is 14.6. The molecule has 1 atom stereocenters. The zero-order chi connectivity index (χ0) is 19.1. The highest BCUT2D eigenvalue weighted by atomic mass is 16.5. The summed E-state index contributed by atoms with van der Waals surface area (Å²) in [6.45, 7) is -0.287. The molecular weight excluding hydrogens is 342 g/mol. The van der Waals surface area contributed by atoms with Gasteiger partial charge in [0.2, 0.25) is 17.7 Å². The Bertz CT molecular complexity index is 753. The average molecular weight is 363 g/mol. The van der Waals surface area contributed by atoms with E-state index in [0.29, 0.717) is 18.5 Å². The summed E-state index contributed by atoms with van der Waals surface area (Å²) in [5.41, 5.74) is 1.33. The summed E-state index contributed by atoms with van der Waals surface area (Å²) in [7, 11) is 3.23. The molecule has 2 N–H and O–H groups in total. The second kappa shape index (κ2) is 6.52. The number of carbonyl (C=O) groups excluding carboxylic acids is 4. The van der Waals surface area contributed by atoms with Crippen molar-refractivity contribution in [3.8, 4) is 0 Å². The summed E-state index contributed by atoms with van der Waals surface area (Å²) >= 11 is 0. The fourth-order valence-corrected chi connectivity index (χ4v) is 3.30. The van der Waals surface area contributed by atoms with Crippen LogP contribution in [0.2, 0.25) is 0 Å². The van der Waals surface area contributed by atoms with Crippen LogP contribution in [0.5, 0.6) is 0 Å². The molecular formula is C16H21N5O5. The van der Waals surface area contributed by atoms with Crippen LogP contribution in [0, 0.1) is 0 Å². The second-order valence-corrected chi connectivity index (χ2v) is 6.81. The average Bonchev–Trinajstić information content (AvgIpc) is 3.23. The first-order valence-electron chi connectivity index (χ1n) is 8.33. The van der Waals surface area contributed by atoms with E-state index in [2.05, 4.69) is 4.98 Å². The van der Waals surface area contributed by atoms with E-state index in [0.717, 1.165) is 4.90 Å². The molecule has 26 heavy (non-hydrogen) atoms. The van der Waals surface area contributed by atoms with Crippen molar-refractivity contribution in [2.24, 2.45) is 7.05 Å². The Morgan fingerprint density at radius 1 is 1.35 bits per heavy atom. The van der Waals surface area contributed by atoms with Crippen molar-refractivity contribution in [3.05, 3.63) is 18.2 Å². The summed E-state index contributed by atoms with van der Waals surface area (Å²) in [4.78, 5) is 55.3. The highest BCUT2D eigenvalue weighted by Crippen LogP contribution is 2.49. The summed E-state index contributed by atoms with van der Waals surface area (Å²) < 4.78 is 1.74. The van der Waals surface area contributed by atoms with Gasteiger partial charge in [-0.2, -0.15) is 0 Å². The minimum absolute atomic E-state index is 0.0851. The van der Waals surface area contributed by atoms with Crippen LogP contribution in [0.15, 0.2) is 12.5 Å². The van der Waals surface area contributed by atoms with E-state index in [4.69, 9.17) is 5.21 Å². The van der Waals surface area contributed by atoms with Crippen LogP contribution in [0.4, 0.5) is 0 Å². The standard InChI is InChI=1S/C16H21N5O5/c1-19-8-11(17-9-19)16(5-6-16)15(25)20(2)10(14(24)18-26)7-21-12(22)3-4-13(21)23/h8-10,26H,3-7H2,1-2H3,(H,18,24). The van der Waals surface area contributed by atoms with E-state index >= 15 is 0 Å². The van der Waals surface area contributed by atoms with Crippen molar-refractivity contribution in [2.75, 3.05) is 13.6 Å². The molecule has 3 rings (SSSR count). The molecule has 140 valence electrons. The monoisotopic (exact) mass is 363 g/mol. The van der Waals surface area contributed by atoms with Gasteiger partial charge in [0.05, 0.1) is 24.0 Å². The minimum atomic E-state index is -1.18. The molecule has 0 radical (unpaired) electrons. The Morgan fingerprint density at radius 3 is 2.42 bits per heavy atom. The third-order valence-corrected chi connectivity index (χ3v) is 5.07. The molecule has 0 spiro atoms. The van der Waals surface area contributed by atoms with Gasteiger partial charge in [-0.15, -0.1) is 0 Å². The Morgan fingerprint density at radius 2 is 1.96 bits per heavy atom.